The zero-order valence-electron chi connectivity index (χ0n) is 8.00. The molecule has 2 atom stereocenters. The number of aliphatic hydroxyl groups is 1. The van der Waals surface area contributed by atoms with Crippen LogP contribution in [-0.4, -0.2) is 17.5 Å². The van der Waals surface area contributed by atoms with Gasteiger partial charge in [-0.05, 0) is 25.7 Å². The number of hydrogen-bond acceptors (Lipinski definition) is 2. The predicted octanol–water partition coefficient (Wildman–Crippen LogP) is 2.17. The van der Waals surface area contributed by atoms with E-state index >= 15 is 0 Å². The molecule has 0 aromatic heterocycles. The van der Waals surface area contributed by atoms with Crippen LogP contribution in [0.15, 0.2) is 0 Å². The van der Waals surface area contributed by atoms with E-state index in [9.17, 15) is 0 Å². The van der Waals surface area contributed by atoms with Crippen molar-refractivity contribution >= 4 is 0 Å². The highest BCUT2D eigenvalue weighted by Gasteiger charge is 2.09. The van der Waals surface area contributed by atoms with E-state index in [-0.39, 0.29) is 6.10 Å². The minimum Gasteiger partial charge on any atom is -0.368 e. The molecule has 0 spiro atoms. The first-order valence-electron chi connectivity index (χ1n) is 4.39. The molecular formula is C9H20O2. The Bertz CT molecular complexity index is 91.6. The van der Waals surface area contributed by atoms with Gasteiger partial charge in [0, 0.05) is 0 Å². The van der Waals surface area contributed by atoms with E-state index in [1.807, 2.05) is 13.8 Å². The monoisotopic (exact) mass is 160 g/mol. The third kappa shape index (κ3) is 6.32. The zero-order valence-corrected chi connectivity index (χ0v) is 8.00. The maximum atomic E-state index is 9.12. The molecule has 68 valence electrons. The SMILES string of the molecule is CCC(O)OC(C)CC(C)C. The van der Waals surface area contributed by atoms with E-state index in [0.29, 0.717) is 12.3 Å². The van der Waals surface area contributed by atoms with Gasteiger partial charge in [0.15, 0.2) is 6.29 Å². The minimum absolute atomic E-state index is 0.171. The number of rotatable bonds is 5. The smallest absolute Gasteiger partial charge is 0.154 e. The second kappa shape index (κ2) is 5.56. The van der Waals surface area contributed by atoms with Crippen molar-refractivity contribution in [3.63, 3.8) is 0 Å². The third-order valence-electron chi connectivity index (χ3n) is 1.54. The fourth-order valence-corrected chi connectivity index (χ4v) is 1.08. The van der Waals surface area contributed by atoms with Crippen LogP contribution in [-0.2, 0) is 4.74 Å². The third-order valence-corrected chi connectivity index (χ3v) is 1.54. The lowest BCUT2D eigenvalue weighted by molar-refractivity contribution is -0.135. The maximum Gasteiger partial charge on any atom is 0.154 e. The van der Waals surface area contributed by atoms with E-state index in [1.165, 1.54) is 0 Å². The van der Waals surface area contributed by atoms with Crippen LogP contribution in [0.4, 0.5) is 0 Å². The predicted molar refractivity (Wildman–Crippen MR) is 46.3 cm³/mol. The number of hydrogen-bond donors (Lipinski definition) is 1. The Kier molecular flexibility index (Phi) is 5.51. The molecular weight excluding hydrogens is 140 g/mol. The van der Waals surface area contributed by atoms with Gasteiger partial charge in [-0.1, -0.05) is 20.8 Å². The van der Waals surface area contributed by atoms with E-state index < -0.39 is 6.29 Å². The molecule has 0 aliphatic rings. The summed E-state index contributed by atoms with van der Waals surface area (Å²) < 4.78 is 5.27. The van der Waals surface area contributed by atoms with Crippen LogP contribution < -0.4 is 0 Å². The fraction of sp³-hybridized carbons (Fsp3) is 1.00. The van der Waals surface area contributed by atoms with Gasteiger partial charge in [-0.3, -0.25) is 0 Å². The Hall–Kier alpha value is -0.0800. The lowest BCUT2D eigenvalue weighted by atomic mass is 10.1. The molecule has 2 heteroatoms. The number of ether oxygens (including phenoxy) is 1. The summed E-state index contributed by atoms with van der Waals surface area (Å²) in [5.41, 5.74) is 0. The van der Waals surface area contributed by atoms with Gasteiger partial charge in [0.25, 0.3) is 0 Å². The highest BCUT2D eigenvalue weighted by molar-refractivity contribution is 4.54. The molecule has 0 radical (unpaired) electrons. The molecule has 0 rings (SSSR count). The second-order valence-corrected chi connectivity index (χ2v) is 3.44. The molecule has 2 nitrogen and oxygen atoms in total. The van der Waals surface area contributed by atoms with Crippen molar-refractivity contribution in [2.75, 3.05) is 0 Å². The normalized spacial score (nSPS) is 16.9. The Morgan fingerprint density at radius 2 is 1.82 bits per heavy atom. The molecule has 0 aliphatic carbocycles. The van der Waals surface area contributed by atoms with Crippen molar-refractivity contribution in [2.45, 2.75) is 52.9 Å². The fourth-order valence-electron chi connectivity index (χ4n) is 1.08. The van der Waals surface area contributed by atoms with E-state index in [4.69, 9.17) is 9.84 Å². The Labute approximate surface area is 69.6 Å². The summed E-state index contributed by atoms with van der Waals surface area (Å²) in [6, 6.07) is 0. The van der Waals surface area contributed by atoms with Gasteiger partial charge in [-0.2, -0.15) is 0 Å². The second-order valence-electron chi connectivity index (χ2n) is 3.44. The summed E-state index contributed by atoms with van der Waals surface area (Å²) in [5.74, 6) is 0.633. The van der Waals surface area contributed by atoms with Crippen molar-refractivity contribution in [1.82, 2.24) is 0 Å². The van der Waals surface area contributed by atoms with Gasteiger partial charge in [0.2, 0.25) is 0 Å². The highest BCUT2D eigenvalue weighted by Crippen LogP contribution is 2.09. The minimum atomic E-state index is -0.580. The summed E-state index contributed by atoms with van der Waals surface area (Å²) in [7, 11) is 0. The molecule has 0 amide bonds. The molecule has 0 bridgehead atoms. The molecule has 0 aromatic carbocycles. The van der Waals surface area contributed by atoms with Crippen LogP contribution in [0.1, 0.15) is 40.5 Å². The standard InChI is InChI=1S/C9H20O2/c1-5-9(10)11-8(4)6-7(2)3/h7-10H,5-6H2,1-4H3. The Balaban J connectivity index is 3.43. The van der Waals surface area contributed by atoms with Gasteiger partial charge in [-0.15, -0.1) is 0 Å². The molecule has 2 unspecified atom stereocenters. The first-order valence-corrected chi connectivity index (χ1v) is 4.39. The van der Waals surface area contributed by atoms with Crippen LogP contribution in [0.25, 0.3) is 0 Å². The summed E-state index contributed by atoms with van der Waals surface area (Å²) in [6.07, 6.45) is 1.27. The quantitative estimate of drug-likeness (QED) is 0.624. The molecule has 0 fully saturated rings. The van der Waals surface area contributed by atoms with Gasteiger partial charge in [-0.25, -0.2) is 0 Å². The van der Waals surface area contributed by atoms with Crippen molar-refractivity contribution in [2.24, 2.45) is 5.92 Å². The largest absolute Gasteiger partial charge is 0.368 e. The van der Waals surface area contributed by atoms with E-state index in [1.54, 1.807) is 0 Å². The molecule has 0 saturated carbocycles. The molecule has 0 aromatic rings. The Morgan fingerprint density at radius 3 is 2.18 bits per heavy atom. The van der Waals surface area contributed by atoms with E-state index in [2.05, 4.69) is 13.8 Å². The maximum absolute atomic E-state index is 9.12. The van der Waals surface area contributed by atoms with Crippen molar-refractivity contribution < 1.29 is 9.84 Å². The molecule has 1 N–H and O–H groups in total. The average Bonchev–Trinajstić information content (AvgIpc) is 1.85. The molecule has 0 aliphatic heterocycles. The first kappa shape index (κ1) is 10.9. The van der Waals surface area contributed by atoms with Crippen molar-refractivity contribution in [3.05, 3.63) is 0 Å². The van der Waals surface area contributed by atoms with Crippen LogP contribution in [0, 0.1) is 5.92 Å². The van der Waals surface area contributed by atoms with Crippen LogP contribution >= 0.6 is 0 Å². The van der Waals surface area contributed by atoms with Crippen LogP contribution in [0.3, 0.4) is 0 Å². The van der Waals surface area contributed by atoms with Gasteiger partial charge < -0.3 is 9.84 Å². The van der Waals surface area contributed by atoms with Gasteiger partial charge in [0.1, 0.15) is 0 Å². The number of aliphatic hydroxyl groups excluding tert-OH is 1. The summed E-state index contributed by atoms with van der Waals surface area (Å²) >= 11 is 0. The molecule has 0 heterocycles. The lowest BCUT2D eigenvalue weighted by Gasteiger charge is -2.18. The van der Waals surface area contributed by atoms with Gasteiger partial charge >= 0.3 is 0 Å². The lowest BCUT2D eigenvalue weighted by Crippen LogP contribution is -2.19. The van der Waals surface area contributed by atoms with Crippen LogP contribution in [0.5, 0.6) is 0 Å². The molecule has 0 saturated heterocycles. The summed E-state index contributed by atoms with van der Waals surface area (Å²) in [6.45, 7) is 8.21. The van der Waals surface area contributed by atoms with E-state index in [0.717, 1.165) is 6.42 Å². The zero-order chi connectivity index (χ0) is 8.85. The first-order chi connectivity index (χ1) is 5.06. The topological polar surface area (TPSA) is 29.5 Å². The Morgan fingerprint density at radius 1 is 1.27 bits per heavy atom. The summed E-state index contributed by atoms with van der Waals surface area (Å²) in [5, 5.41) is 9.12. The van der Waals surface area contributed by atoms with Gasteiger partial charge in [0.05, 0.1) is 6.10 Å². The molecule has 11 heavy (non-hydrogen) atoms. The van der Waals surface area contributed by atoms with Crippen molar-refractivity contribution in [1.29, 1.82) is 0 Å². The highest BCUT2D eigenvalue weighted by atomic mass is 16.6. The average molecular weight is 160 g/mol. The van der Waals surface area contributed by atoms with Crippen LogP contribution in [0.2, 0.25) is 0 Å². The van der Waals surface area contributed by atoms with Crippen molar-refractivity contribution in [3.8, 4) is 0 Å². The summed E-state index contributed by atoms with van der Waals surface area (Å²) in [4.78, 5) is 0.